The number of ether oxygens (including phenoxy) is 1. The Kier molecular flexibility index (Phi) is 6.45. The Labute approximate surface area is 170 Å². The van der Waals surface area contributed by atoms with Crippen molar-refractivity contribution in [2.24, 2.45) is 0 Å². The lowest BCUT2D eigenvalue weighted by Gasteiger charge is -2.28. The predicted molar refractivity (Wildman–Crippen MR) is 107 cm³/mol. The van der Waals surface area contributed by atoms with Crippen molar-refractivity contribution >= 4 is 46.6 Å². The van der Waals surface area contributed by atoms with Crippen LogP contribution >= 0.6 is 11.8 Å². The Bertz CT molecular complexity index is 964. The van der Waals surface area contributed by atoms with Gasteiger partial charge in [0, 0.05) is 29.3 Å². The fourth-order valence-electron chi connectivity index (χ4n) is 2.71. The van der Waals surface area contributed by atoms with E-state index in [-0.39, 0.29) is 30.2 Å². The standard InChI is InChI=1S/C19H17N3O6S/c23-17(20-13-4-3-5-14(10-13)22(26)27)11-28-19(25)8-9-21-15-6-1-2-7-16(15)29-12-18(21)24/h1-7,10H,8-9,11-12H2,(H,20,23). The molecule has 0 saturated heterocycles. The van der Waals surface area contributed by atoms with Gasteiger partial charge in [-0.15, -0.1) is 11.8 Å². The monoisotopic (exact) mass is 415 g/mol. The molecule has 29 heavy (non-hydrogen) atoms. The Balaban J connectivity index is 1.48. The minimum absolute atomic E-state index is 0.0607. The topological polar surface area (TPSA) is 119 Å². The predicted octanol–water partition coefficient (Wildman–Crippen LogP) is 2.61. The molecule has 0 atom stereocenters. The number of anilines is 2. The van der Waals surface area contributed by atoms with Crippen molar-refractivity contribution in [3.05, 3.63) is 58.6 Å². The lowest BCUT2D eigenvalue weighted by Crippen LogP contribution is -2.37. The lowest BCUT2D eigenvalue weighted by molar-refractivity contribution is -0.384. The fraction of sp³-hybridized carbons (Fsp3) is 0.211. The van der Waals surface area contributed by atoms with Crippen LogP contribution in [-0.2, 0) is 19.1 Å². The lowest BCUT2D eigenvalue weighted by atomic mass is 10.2. The second-order valence-electron chi connectivity index (χ2n) is 6.07. The number of amides is 2. The van der Waals surface area contributed by atoms with Gasteiger partial charge in [0.15, 0.2) is 6.61 Å². The van der Waals surface area contributed by atoms with Gasteiger partial charge in [0.05, 0.1) is 22.8 Å². The second-order valence-corrected chi connectivity index (χ2v) is 7.09. The highest BCUT2D eigenvalue weighted by molar-refractivity contribution is 8.00. The number of carbonyl (C=O) groups excluding carboxylic acids is 3. The molecule has 1 heterocycles. The zero-order valence-corrected chi connectivity index (χ0v) is 16.0. The molecule has 2 aromatic rings. The summed E-state index contributed by atoms with van der Waals surface area (Å²) in [5.74, 6) is -1.03. The largest absolute Gasteiger partial charge is 0.456 e. The molecule has 3 rings (SSSR count). The van der Waals surface area contributed by atoms with Crippen molar-refractivity contribution in [3.8, 4) is 0 Å². The van der Waals surface area contributed by atoms with E-state index >= 15 is 0 Å². The molecule has 0 fully saturated rings. The van der Waals surface area contributed by atoms with E-state index in [1.54, 1.807) is 0 Å². The quantitative estimate of drug-likeness (QED) is 0.419. The van der Waals surface area contributed by atoms with Crippen molar-refractivity contribution in [3.63, 3.8) is 0 Å². The molecule has 2 amide bonds. The number of carbonyl (C=O) groups is 3. The summed E-state index contributed by atoms with van der Waals surface area (Å²) in [6.45, 7) is -0.371. The van der Waals surface area contributed by atoms with Gasteiger partial charge < -0.3 is 15.0 Å². The Hall–Kier alpha value is -3.40. The van der Waals surface area contributed by atoms with Gasteiger partial charge >= 0.3 is 5.97 Å². The number of nitro groups is 1. The van der Waals surface area contributed by atoms with Crippen molar-refractivity contribution in [2.45, 2.75) is 11.3 Å². The number of thioether (sulfide) groups is 1. The van der Waals surface area contributed by atoms with Gasteiger partial charge in [-0.25, -0.2) is 0 Å². The van der Waals surface area contributed by atoms with Crippen LogP contribution in [0.3, 0.4) is 0 Å². The van der Waals surface area contributed by atoms with Crippen LogP contribution in [0.5, 0.6) is 0 Å². The van der Waals surface area contributed by atoms with E-state index in [1.807, 2.05) is 24.3 Å². The van der Waals surface area contributed by atoms with Gasteiger partial charge in [0.25, 0.3) is 11.6 Å². The Morgan fingerprint density at radius 3 is 2.79 bits per heavy atom. The molecule has 1 aliphatic rings. The third-order valence-electron chi connectivity index (χ3n) is 4.05. The maximum Gasteiger partial charge on any atom is 0.308 e. The number of benzene rings is 2. The molecular weight excluding hydrogens is 398 g/mol. The first-order valence-corrected chi connectivity index (χ1v) is 9.65. The molecule has 2 aromatic carbocycles. The molecule has 0 aromatic heterocycles. The highest BCUT2D eigenvalue weighted by atomic mass is 32.2. The van der Waals surface area contributed by atoms with E-state index in [4.69, 9.17) is 4.74 Å². The number of nitro benzene ring substituents is 1. The average molecular weight is 415 g/mol. The number of para-hydroxylation sites is 1. The molecule has 1 N–H and O–H groups in total. The van der Waals surface area contributed by atoms with Crippen LogP contribution in [0, 0.1) is 10.1 Å². The van der Waals surface area contributed by atoms with E-state index in [0.29, 0.717) is 5.75 Å². The van der Waals surface area contributed by atoms with Gasteiger partial charge in [-0.2, -0.15) is 0 Å². The number of hydrogen-bond donors (Lipinski definition) is 1. The SMILES string of the molecule is O=C(COC(=O)CCN1C(=O)CSc2ccccc21)Nc1cccc([N+](=O)[O-])c1. The number of fused-ring (bicyclic) bond motifs is 1. The third-order valence-corrected chi connectivity index (χ3v) is 5.10. The third kappa shape index (κ3) is 5.32. The van der Waals surface area contributed by atoms with Crippen LogP contribution in [0.2, 0.25) is 0 Å². The van der Waals surface area contributed by atoms with E-state index in [9.17, 15) is 24.5 Å². The summed E-state index contributed by atoms with van der Waals surface area (Å²) in [5.41, 5.74) is 0.822. The van der Waals surface area contributed by atoms with Crippen LogP contribution < -0.4 is 10.2 Å². The number of non-ortho nitro benzene ring substituents is 1. The van der Waals surface area contributed by atoms with Crippen LogP contribution in [0.25, 0.3) is 0 Å². The first-order valence-electron chi connectivity index (χ1n) is 8.66. The molecule has 1 aliphatic heterocycles. The molecule has 0 aliphatic carbocycles. The van der Waals surface area contributed by atoms with E-state index in [2.05, 4.69) is 5.32 Å². The normalized spacial score (nSPS) is 12.8. The maximum absolute atomic E-state index is 12.2. The summed E-state index contributed by atoms with van der Waals surface area (Å²) in [4.78, 5) is 48.7. The molecule has 0 bridgehead atoms. The van der Waals surface area contributed by atoms with Gasteiger partial charge in [0.1, 0.15) is 0 Å². The number of nitrogens with zero attached hydrogens (tertiary/aromatic N) is 2. The molecule has 0 radical (unpaired) electrons. The molecule has 9 nitrogen and oxygen atoms in total. The van der Waals surface area contributed by atoms with Crippen molar-refractivity contribution < 1.29 is 24.0 Å². The van der Waals surface area contributed by atoms with Crippen LogP contribution in [0.4, 0.5) is 17.1 Å². The fourth-order valence-corrected chi connectivity index (χ4v) is 3.65. The summed E-state index contributed by atoms with van der Waals surface area (Å²) in [6, 6.07) is 12.9. The van der Waals surface area contributed by atoms with Gasteiger partial charge in [0.2, 0.25) is 5.91 Å². The summed E-state index contributed by atoms with van der Waals surface area (Å²) < 4.78 is 4.94. The number of nitrogens with one attached hydrogen (secondary N) is 1. The van der Waals surface area contributed by atoms with E-state index < -0.39 is 23.4 Å². The van der Waals surface area contributed by atoms with Crippen LogP contribution in [0.15, 0.2) is 53.4 Å². The zero-order chi connectivity index (χ0) is 20.8. The average Bonchev–Trinajstić information content (AvgIpc) is 2.71. The minimum Gasteiger partial charge on any atom is -0.456 e. The van der Waals surface area contributed by atoms with Crippen molar-refractivity contribution in [1.29, 1.82) is 0 Å². The summed E-state index contributed by atoms with van der Waals surface area (Å²) in [6.07, 6.45) is -0.0607. The maximum atomic E-state index is 12.2. The molecule has 150 valence electrons. The summed E-state index contributed by atoms with van der Waals surface area (Å²) >= 11 is 1.45. The van der Waals surface area contributed by atoms with Gasteiger partial charge in [-0.05, 0) is 18.2 Å². The van der Waals surface area contributed by atoms with E-state index in [0.717, 1.165) is 10.6 Å². The molecule has 0 saturated carbocycles. The summed E-state index contributed by atoms with van der Waals surface area (Å²) in [7, 11) is 0. The molecular formula is C19H17N3O6S. The molecule has 0 spiro atoms. The molecule has 10 heteroatoms. The Morgan fingerprint density at radius 2 is 2.00 bits per heavy atom. The van der Waals surface area contributed by atoms with Crippen LogP contribution in [-0.4, -0.2) is 41.6 Å². The highest BCUT2D eigenvalue weighted by Crippen LogP contribution is 2.34. The van der Waals surface area contributed by atoms with Gasteiger partial charge in [-0.1, -0.05) is 18.2 Å². The van der Waals surface area contributed by atoms with E-state index in [1.165, 1.54) is 40.9 Å². The minimum atomic E-state index is -0.623. The number of esters is 1. The zero-order valence-electron chi connectivity index (χ0n) is 15.2. The van der Waals surface area contributed by atoms with Crippen LogP contribution in [0.1, 0.15) is 6.42 Å². The molecule has 0 unspecified atom stereocenters. The highest BCUT2D eigenvalue weighted by Gasteiger charge is 2.25. The second kappa shape index (κ2) is 9.20. The van der Waals surface area contributed by atoms with Crippen molar-refractivity contribution in [1.82, 2.24) is 0 Å². The van der Waals surface area contributed by atoms with Crippen molar-refractivity contribution in [2.75, 3.05) is 29.1 Å². The Morgan fingerprint density at radius 1 is 1.21 bits per heavy atom. The first kappa shape index (κ1) is 20.3. The van der Waals surface area contributed by atoms with Gasteiger partial charge in [-0.3, -0.25) is 24.5 Å². The smallest absolute Gasteiger partial charge is 0.308 e. The summed E-state index contributed by atoms with van der Waals surface area (Å²) in [5, 5.41) is 13.2. The number of hydrogen-bond acceptors (Lipinski definition) is 7. The number of rotatable bonds is 7. The first-order chi connectivity index (χ1) is 13.9.